The maximum absolute atomic E-state index is 12.4. The second-order valence-electron chi connectivity index (χ2n) is 4.82. The summed E-state index contributed by atoms with van der Waals surface area (Å²) in [5.41, 5.74) is 0.487. The number of amides is 1. The standard InChI is InChI=1S/C14H16N4O3/c1-9(2)12-15-13(17-16-12)14(21)18(8-11(19)20)10-6-4-3-5-7-10/h3-7,9H,8H2,1-2H3,(H,19,20)(H,15,16,17). The van der Waals surface area contributed by atoms with Gasteiger partial charge in [-0.2, -0.15) is 0 Å². The van der Waals surface area contributed by atoms with Crippen LogP contribution in [0.25, 0.3) is 0 Å². The molecule has 2 rings (SSSR count). The number of rotatable bonds is 5. The van der Waals surface area contributed by atoms with Crippen LogP contribution in [0.5, 0.6) is 0 Å². The van der Waals surface area contributed by atoms with Crippen LogP contribution in [0.4, 0.5) is 5.69 Å². The zero-order chi connectivity index (χ0) is 15.4. The third-order valence-corrected chi connectivity index (χ3v) is 2.85. The lowest BCUT2D eigenvalue weighted by Gasteiger charge is -2.19. The Morgan fingerprint density at radius 1 is 1.29 bits per heavy atom. The van der Waals surface area contributed by atoms with Crippen molar-refractivity contribution in [3.63, 3.8) is 0 Å². The van der Waals surface area contributed by atoms with E-state index < -0.39 is 18.4 Å². The quantitative estimate of drug-likeness (QED) is 0.871. The zero-order valence-electron chi connectivity index (χ0n) is 11.8. The number of carboxylic acid groups (broad SMARTS) is 1. The third kappa shape index (κ3) is 3.44. The molecule has 0 saturated carbocycles. The highest BCUT2D eigenvalue weighted by atomic mass is 16.4. The fraction of sp³-hybridized carbons (Fsp3) is 0.286. The van der Waals surface area contributed by atoms with Crippen LogP contribution >= 0.6 is 0 Å². The summed E-state index contributed by atoms with van der Waals surface area (Å²) in [6, 6.07) is 8.58. The first-order valence-corrected chi connectivity index (χ1v) is 6.50. The number of nitrogens with one attached hydrogen (secondary N) is 1. The summed E-state index contributed by atoms with van der Waals surface area (Å²) in [5.74, 6) is -1.01. The highest BCUT2D eigenvalue weighted by molar-refractivity contribution is 6.05. The van der Waals surface area contributed by atoms with Crippen molar-refractivity contribution in [1.82, 2.24) is 15.2 Å². The molecule has 110 valence electrons. The van der Waals surface area contributed by atoms with Crippen molar-refractivity contribution in [2.24, 2.45) is 0 Å². The van der Waals surface area contributed by atoms with E-state index >= 15 is 0 Å². The largest absolute Gasteiger partial charge is 0.480 e. The Balaban J connectivity index is 2.31. The van der Waals surface area contributed by atoms with Gasteiger partial charge in [0.25, 0.3) is 5.91 Å². The van der Waals surface area contributed by atoms with Gasteiger partial charge in [0.1, 0.15) is 12.4 Å². The van der Waals surface area contributed by atoms with Gasteiger partial charge in [-0.3, -0.25) is 19.6 Å². The molecule has 0 aliphatic rings. The lowest BCUT2D eigenvalue weighted by molar-refractivity contribution is -0.135. The average molecular weight is 288 g/mol. The van der Waals surface area contributed by atoms with Gasteiger partial charge in [0, 0.05) is 11.6 Å². The van der Waals surface area contributed by atoms with Crippen molar-refractivity contribution in [3.05, 3.63) is 42.0 Å². The molecule has 0 saturated heterocycles. The van der Waals surface area contributed by atoms with E-state index in [1.54, 1.807) is 30.3 Å². The predicted octanol–water partition coefficient (Wildman–Crippen LogP) is 1.66. The molecule has 2 aromatic rings. The summed E-state index contributed by atoms with van der Waals surface area (Å²) in [6.07, 6.45) is 0. The Hall–Kier alpha value is -2.70. The van der Waals surface area contributed by atoms with Gasteiger partial charge >= 0.3 is 5.97 Å². The molecular formula is C14H16N4O3. The van der Waals surface area contributed by atoms with Crippen molar-refractivity contribution in [3.8, 4) is 0 Å². The minimum absolute atomic E-state index is 0.0381. The van der Waals surface area contributed by atoms with Crippen LogP contribution < -0.4 is 4.90 Å². The summed E-state index contributed by atoms with van der Waals surface area (Å²) in [5, 5.41) is 15.6. The molecule has 1 aromatic carbocycles. The molecule has 0 atom stereocenters. The summed E-state index contributed by atoms with van der Waals surface area (Å²) < 4.78 is 0. The first kappa shape index (κ1) is 14.7. The molecular weight excluding hydrogens is 272 g/mol. The second-order valence-corrected chi connectivity index (χ2v) is 4.82. The number of benzene rings is 1. The molecule has 1 aromatic heterocycles. The highest BCUT2D eigenvalue weighted by Crippen LogP contribution is 2.16. The van der Waals surface area contributed by atoms with Crippen LogP contribution in [0.2, 0.25) is 0 Å². The van der Waals surface area contributed by atoms with Crippen LogP contribution in [0.1, 0.15) is 36.2 Å². The van der Waals surface area contributed by atoms with Crippen LogP contribution in [0, 0.1) is 0 Å². The summed E-state index contributed by atoms with van der Waals surface area (Å²) >= 11 is 0. The van der Waals surface area contributed by atoms with Gasteiger partial charge in [-0.1, -0.05) is 32.0 Å². The van der Waals surface area contributed by atoms with Crippen LogP contribution in [0.3, 0.4) is 0 Å². The number of aliphatic carboxylic acids is 1. The number of aromatic nitrogens is 3. The van der Waals surface area contributed by atoms with E-state index in [0.29, 0.717) is 11.5 Å². The molecule has 7 nitrogen and oxygen atoms in total. The summed E-state index contributed by atoms with van der Waals surface area (Å²) in [6.45, 7) is 3.39. The van der Waals surface area contributed by atoms with E-state index in [1.165, 1.54) is 0 Å². The normalized spacial score (nSPS) is 10.6. The van der Waals surface area contributed by atoms with Crippen molar-refractivity contribution >= 4 is 17.6 Å². The Morgan fingerprint density at radius 2 is 1.95 bits per heavy atom. The van der Waals surface area contributed by atoms with Gasteiger partial charge in [0.2, 0.25) is 5.82 Å². The van der Waals surface area contributed by atoms with Crippen LogP contribution in [-0.4, -0.2) is 38.7 Å². The molecule has 2 N–H and O–H groups in total. The first-order valence-electron chi connectivity index (χ1n) is 6.50. The minimum Gasteiger partial charge on any atom is -0.480 e. The minimum atomic E-state index is -1.10. The van der Waals surface area contributed by atoms with Crippen molar-refractivity contribution in [2.45, 2.75) is 19.8 Å². The van der Waals surface area contributed by atoms with Gasteiger partial charge in [-0.05, 0) is 12.1 Å². The average Bonchev–Trinajstić information content (AvgIpc) is 2.95. The first-order chi connectivity index (χ1) is 9.99. The predicted molar refractivity (Wildman–Crippen MR) is 76.2 cm³/mol. The van der Waals surface area contributed by atoms with Gasteiger partial charge in [0.15, 0.2) is 0 Å². The van der Waals surface area contributed by atoms with Gasteiger partial charge in [-0.15, -0.1) is 5.10 Å². The van der Waals surface area contributed by atoms with E-state index in [2.05, 4.69) is 15.2 Å². The molecule has 0 aliphatic carbocycles. The van der Waals surface area contributed by atoms with E-state index in [0.717, 1.165) is 4.90 Å². The van der Waals surface area contributed by atoms with Crippen molar-refractivity contribution in [1.29, 1.82) is 0 Å². The third-order valence-electron chi connectivity index (χ3n) is 2.85. The van der Waals surface area contributed by atoms with E-state index in [1.807, 2.05) is 13.8 Å². The molecule has 21 heavy (non-hydrogen) atoms. The Bertz CT molecular complexity index is 637. The van der Waals surface area contributed by atoms with Gasteiger partial charge < -0.3 is 5.11 Å². The number of hydrogen-bond acceptors (Lipinski definition) is 4. The lowest BCUT2D eigenvalue weighted by Crippen LogP contribution is -2.36. The monoisotopic (exact) mass is 288 g/mol. The number of nitrogens with zero attached hydrogens (tertiary/aromatic N) is 3. The number of carbonyl (C=O) groups is 2. The van der Waals surface area contributed by atoms with Gasteiger partial charge in [0.05, 0.1) is 0 Å². The van der Waals surface area contributed by atoms with E-state index in [4.69, 9.17) is 5.11 Å². The Kier molecular flexibility index (Phi) is 4.32. The van der Waals surface area contributed by atoms with Crippen molar-refractivity contribution in [2.75, 3.05) is 11.4 Å². The number of carboxylic acids is 1. The molecule has 0 aliphatic heterocycles. The van der Waals surface area contributed by atoms with Gasteiger partial charge in [-0.25, -0.2) is 4.98 Å². The van der Waals surface area contributed by atoms with Crippen LogP contribution in [-0.2, 0) is 4.79 Å². The molecule has 0 unspecified atom stereocenters. The maximum atomic E-state index is 12.4. The molecule has 0 spiro atoms. The smallest absolute Gasteiger partial charge is 0.323 e. The highest BCUT2D eigenvalue weighted by Gasteiger charge is 2.24. The molecule has 0 fully saturated rings. The number of aromatic amines is 1. The lowest BCUT2D eigenvalue weighted by atomic mass is 10.2. The van der Waals surface area contributed by atoms with E-state index in [-0.39, 0.29) is 11.7 Å². The second kappa shape index (κ2) is 6.17. The molecule has 0 bridgehead atoms. The number of para-hydroxylation sites is 1. The number of anilines is 1. The molecule has 7 heteroatoms. The SMILES string of the molecule is CC(C)c1nc(C(=O)N(CC(=O)O)c2ccccc2)n[nH]1. The fourth-order valence-electron chi connectivity index (χ4n) is 1.77. The maximum Gasteiger partial charge on any atom is 0.323 e. The summed E-state index contributed by atoms with van der Waals surface area (Å²) in [4.78, 5) is 28.7. The fourth-order valence-corrected chi connectivity index (χ4v) is 1.77. The summed E-state index contributed by atoms with van der Waals surface area (Å²) in [7, 11) is 0. The number of carbonyl (C=O) groups excluding carboxylic acids is 1. The molecule has 0 radical (unpaired) electrons. The molecule has 1 amide bonds. The van der Waals surface area contributed by atoms with Crippen LogP contribution in [0.15, 0.2) is 30.3 Å². The Morgan fingerprint density at radius 3 is 2.48 bits per heavy atom. The number of hydrogen-bond donors (Lipinski definition) is 2. The van der Waals surface area contributed by atoms with Crippen molar-refractivity contribution < 1.29 is 14.7 Å². The zero-order valence-corrected chi connectivity index (χ0v) is 11.8. The molecule has 1 heterocycles. The topological polar surface area (TPSA) is 99.2 Å². The van der Waals surface area contributed by atoms with E-state index in [9.17, 15) is 9.59 Å². The number of H-pyrrole nitrogens is 1. The Labute approximate surface area is 121 Å².